The van der Waals surface area contributed by atoms with Crippen LogP contribution in [0.5, 0.6) is 0 Å². The van der Waals surface area contributed by atoms with E-state index in [-0.39, 0.29) is 17.7 Å². The van der Waals surface area contributed by atoms with Gasteiger partial charge in [0.15, 0.2) is 0 Å². The Bertz CT molecular complexity index is 1550. The average molecular weight is 672 g/mol. The van der Waals surface area contributed by atoms with E-state index in [0.29, 0.717) is 25.3 Å². The van der Waals surface area contributed by atoms with Crippen molar-refractivity contribution in [3.05, 3.63) is 83.4 Å². The maximum atomic E-state index is 14.1. The molecule has 17 heteroatoms. The highest BCUT2D eigenvalue weighted by Crippen LogP contribution is 2.49. The highest BCUT2D eigenvalue weighted by molar-refractivity contribution is 5.94. The Labute approximate surface area is 264 Å². The number of hydrogen-bond acceptors (Lipinski definition) is 6. The van der Waals surface area contributed by atoms with Crippen LogP contribution in [0.2, 0.25) is 0 Å². The standard InChI is InChI=1S/C26H29N5O2.2C2HF3O2/c1-19-8-6-11-22(28-19)24(32)31-17-21(23-12-14-27-29(23)2)26(18-31)13-7-15-30(25(26)33)16-20-9-4-3-5-10-20;2*3-2(4,5)1(6)7/h3-6,8-12,14,21H,7,13,15-18H2,1-2H3;2*(H,6,7)/t21-,26+;;/m0../s1. The number of benzene rings is 1. The molecule has 2 aliphatic heterocycles. The summed E-state index contributed by atoms with van der Waals surface area (Å²) in [5.74, 6) is -5.60. The van der Waals surface area contributed by atoms with Gasteiger partial charge in [0.1, 0.15) is 5.69 Å². The summed E-state index contributed by atoms with van der Waals surface area (Å²) < 4.78 is 65.3. The lowest BCUT2D eigenvalue weighted by atomic mass is 9.70. The van der Waals surface area contributed by atoms with Crippen molar-refractivity contribution in [1.29, 1.82) is 0 Å². The van der Waals surface area contributed by atoms with Crippen LogP contribution < -0.4 is 0 Å². The third kappa shape index (κ3) is 9.07. The predicted octanol–water partition coefficient (Wildman–Crippen LogP) is 4.44. The van der Waals surface area contributed by atoms with Crippen molar-refractivity contribution in [2.75, 3.05) is 19.6 Å². The van der Waals surface area contributed by atoms with E-state index in [1.54, 1.807) is 12.3 Å². The molecule has 4 heterocycles. The van der Waals surface area contributed by atoms with Gasteiger partial charge in [0, 0.05) is 56.7 Å². The molecular formula is C30H31F6N5O6. The number of alkyl halides is 6. The minimum Gasteiger partial charge on any atom is -0.475 e. The summed E-state index contributed by atoms with van der Waals surface area (Å²) in [6, 6.07) is 17.6. The molecule has 2 atom stereocenters. The number of carboxylic acid groups (broad SMARTS) is 2. The fourth-order valence-corrected chi connectivity index (χ4v) is 5.53. The largest absolute Gasteiger partial charge is 0.490 e. The van der Waals surface area contributed by atoms with Gasteiger partial charge in [0.2, 0.25) is 5.91 Å². The Morgan fingerprint density at radius 3 is 2.04 bits per heavy atom. The van der Waals surface area contributed by atoms with Crippen molar-refractivity contribution in [2.24, 2.45) is 12.5 Å². The van der Waals surface area contributed by atoms with Crippen LogP contribution in [0.15, 0.2) is 60.8 Å². The number of aryl methyl sites for hydroxylation is 2. The number of carbonyl (C=O) groups excluding carboxylic acids is 2. The summed E-state index contributed by atoms with van der Waals surface area (Å²) in [4.78, 5) is 53.5. The normalized spacial score (nSPS) is 19.4. The molecule has 2 amide bonds. The molecule has 11 nitrogen and oxygen atoms in total. The summed E-state index contributed by atoms with van der Waals surface area (Å²) >= 11 is 0. The number of amides is 2. The molecular weight excluding hydrogens is 640 g/mol. The molecule has 2 saturated heterocycles. The number of aliphatic carboxylic acids is 2. The van der Waals surface area contributed by atoms with Gasteiger partial charge in [-0.15, -0.1) is 0 Å². The lowest BCUT2D eigenvalue weighted by Gasteiger charge is -2.42. The zero-order valence-corrected chi connectivity index (χ0v) is 25.1. The number of likely N-dealkylation sites (tertiary alicyclic amines) is 2. The van der Waals surface area contributed by atoms with Gasteiger partial charge in [-0.05, 0) is 43.5 Å². The SMILES string of the molecule is Cc1cccc(C(=O)N2C[C@@H](c3ccnn3C)[C@@]3(CCCN(Cc4ccccc4)C3=O)C2)n1.O=C(O)C(F)(F)F.O=C(O)C(F)(F)F. The first kappa shape index (κ1) is 36.5. The molecule has 1 aromatic carbocycles. The van der Waals surface area contributed by atoms with E-state index < -0.39 is 29.7 Å². The van der Waals surface area contributed by atoms with E-state index in [1.165, 1.54) is 0 Å². The molecule has 0 unspecified atom stereocenters. The fraction of sp³-hybridized carbons (Fsp3) is 0.400. The summed E-state index contributed by atoms with van der Waals surface area (Å²) in [6.07, 6.45) is -6.72. The predicted molar refractivity (Wildman–Crippen MR) is 152 cm³/mol. The van der Waals surface area contributed by atoms with E-state index in [0.717, 1.165) is 36.3 Å². The quantitative estimate of drug-likeness (QED) is 0.388. The van der Waals surface area contributed by atoms with Crippen LogP contribution in [0.3, 0.4) is 0 Å². The molecule has 5 rings (SSSR count). The van der Waals surface area contributed by atoms with Gasteiger partial charge in [0.05, 0.1) is 5.41 Å². The van der Waals surface area contributed by atoms with Gasteiger partial charge in [0.25, 0.3) is 5.91 Å². The molecule has 2 aromatic heterocycles. The van der Waals surface area contributed by atoms with Crippen molar-refractivity contribution in [3.63, 3.8) is 0 Å². The van der Waals surface area contributed by atoms with Gasteiger partial charge < -0.3 is 20.0 Å². The number of rotatable bonds is 4. The molecule has 2 fully saturated rings. The van der Waals surface area contributed by atoms with Crippen LogP contribution >= 0.6 is 0 Å². The smallest absolute Gasteiger partial charge is 0.475 e. The Morgan fingerprint density at radius 1 is 0.936 bits per heavy atom. The Kier molecular flexibility index (Phi) is 11.4. The van der Waals surface area contributed by atoms with Crippen molar-refractivity contribution >= 4 is 23.8 Å². The second-order valence-corrected chi connectivity index (χ2v) is 10.9. The van der Waals surface area contributed by atoms with Crippen molar-refractivity contribution in [3.8, 4) is 0 Å². The molecule has 0 radical (unpaired) electrons. The summed E-state index contributed by atoms with van der Waals surface area (Å²) in [5, 5.41) is 18.6. The van der Waals surface area contributed by atoms with E-state index in [4.69, 9.17) is 19.8 Å². The highest BCUT2D eigenvalue weighted by Gasteiger charge is 2.57. The second kappa shape index (κ2) is 14.6. The van der Waals surface area contributed by atoms with Gasteiger partial charge in [-0.2, -0.15) is 31.4 Å². The number of nitrogens with zero attached hydrogens (tertiary/aromatic N) is 5. The third-order valence-electron chi connectivity index (χ3n) is 7.62. The zero-order chi connectivity index (χ0) is 35.2. The van der Waals surface area contributed by atoms with E-state index >= 15 is 0 Å². The fourth-order valence-electron chi connectivity index (χ4n) is 5.53. The van der Waals surface area contributed by atoms with Gasteiger partial charge in [-0.25, -0.2) is 14.6 Å². The van der Waals surface area contributed by atoms with Crippen molar-refractivity contribution < 1.29 is 55.7 Å². The third-order valence-corrected chi connectivity index (χ3v) is 7.62. The lowest BCUT2D eigenvalue weighted by molar-refractivity contribution is -0.193. The first-order chi connectivity index (χ1) is 21.9. The molecule has 0 aliphatic carbocycles. The Balaban J connectivity index is 0.000000360. The van der Waals surface area contributed by atoms with Crippen LogP contribution in [0.25, 0.3) is 0 Å². The van der Waals surface area contributed by atoms with Gasteiger partial charge in [-0.3, -0.25) is 14.3 Å². The first-order valence-corrected chi connectivity index (χ1v) is 14.0. The lowest BCUT2D eigenvalue weighted by Crippen LogP contribution is -2.52. The first-order valence-electron chi connectivity index (χ1n) is 14.0. The van der Waals surface area contributed by atoms with Crippen molar-refractivity contribution in [1.82, 2.24) is 24.6 Å². The highest BCUT2D eigenvalue weighted by atomic mass is 19.4. The molecule has 2 aliphatic rings. The van der Waals surface area contributed by atoms with Gasteiger partial charge in [-0.1, -0.05) is 36.4 Å². The minimum atomic E-state index is -5.08. The van der Waals surface area contributed by atoms with Crippen LogP contribution in [-0.4, -0.2) is 90.5 Å². The molecule has 254 valence electrons. The monoisotopic (exact) mass is 671 g/mol. The minimum absolute atomic E-state index is 0.107. The summed E-state index contributed by atoms with van der Waals surface area (Å²) in [6.45, 7) is 4.10. The number of pyridine rings is 1. The molecule has 0 saturated carbocycles. The topological polar surface area (TPSA) is 146 Å². The maximum absolute atomic E-state index is 14.1. The van der Waals surface area contributed by atoms with E-state index in [1.807, 2.05) is 64.9 Å². The molecule has 1 spiro atoms. The van der Waals surface area contributed by atoms with Gasteiger partial charge >= 0.3 is 24.3 Å². The Morgan fingerprint density at radius 2 is 1.53 bits per heavy atom. The second-order valence-electron chi connectivity index (χ2n) is 10.9. The molecule has 47 heavy (non-hydrogen) atoms. The summed E-state index contributed by atoms with van der Waals surface area (Å²) in [5.41, 5.74) is 2.70. The number of carbonyl (C=O) groups is 4. The van der Waals surface area contributed by atoms with Crippen LogP contribution in [0, 0.1) is 12.3 Å². The molecule has 3 aromatic rings. The van der Waals surface area contributed by atoms with Crippen LogP contribution in [0.4, 0.5) is 26.3 Å². The average Bonchev–Trinajstić information content (AvgIpc) is 3.59. The molecule has 2 N–H and O–H groups in total. The summed E-state index contributed by atoms with van der Waals surface area (Å²) in [7, 11) is 1.91. The number of aromatic nitrogens is 3. The number of hydrogen-bond donors (Lipinski definition) is 2. The number of piperidine rings is 1. The van der Waals surface area contributed by atoms with Crippen LogP contribution in [0.1, 0.15) is 46.2 Å². The maximum Gasteiger partial charge on any atom is 0.490 e. The van der Waals surface area contributed by atoms with Crippen molar-refractivity contribution in [2.45, 2.75) is 44.6 Å². The van der Waals surface area contributed by atoms with E-state index in [9.17, 15) is 35.9 Å². The van der Waals surface area contributed by atoms with E-state index in [2.05, 4.69) is 22.2 Å². The Hall–Kier alpha value is -4.96. The van der Waals surface area contributed by atoms with Crippen LogP contribution in [-0.2, 0) is 28.0 Å². The zero-order valence-electron chi connectivity index (χ0n) is 25.1. The number of halogens is 6. The molecule has 0 bridgehead atoms. The number of carboxylic acids is 2.